The highest BCUT2D eigenvalue weighted by Gasteiger charge is 2.39. The van der Waals surface area contributed by atoms with Gasteiger partial charge in [-0.15, -0.1) is 0 Å². The van der Waals surface area contributed by atoms with E-state index in [1.54, 1.807) is 0 Å². The molecule has 0 aromatic heterocycles. The monoisotopic (exact) mass is 309 g/mol. The minimum atomic E-state index is -0.135. The van der Waals surface area contributed by atoms with Gasteiger partial charge in [-0.3, -0.25) is 19.3 Å². The fraction of sp³-hybridized carbons (Fsp3) is 0.833. The van der Waals surface area contributed by atoms with Gasteiger partial charge in [-0.25, -0.2) is 0 Å². The number of hydrogen-bond donors (Lipinski definition) is 0. The van der Waals surface area contributed by atoms with Crippen LogP contribution in [0.4, 0.5) is 0 Å². The van der Waals surface area contributed by atoms with E-state index < -0.39 is 0 Å². The van der Waals surface area contributed by atoms with Crippen LogP contribution in [0.1, 0.15) is 72.6 Å². The maximum atomic E-state index is 12.1. The maximum Gasteiger partial charge on any atom is 0.233 e. The molecule has 2 atom stereocenters. The molecule has 4 heteroatoms. The molecule has 0 aromatic rings. The first kappa shape index (κ1) is 18.9. The first-order valence-corrected chi connectivity index (χ1v) is 8.75. The highest BCUT2D eigenvalue weighted by atomic mass is 16.2. The van der Waals surface area contributed by atoms with Crippen LogP contribution in [0.3, 0.4) is 0 Å². The number of carbonyl (C=O) groups excluding carboxylic acids is 3. The minimum Gasteiger partial charge on any atom is -0.299 e. The Morgan fingerprint density at radius 1 is 1.18 bits per heavy atom. The smallest absolute Gasteiger partial charge is 0.233 e. The second-order valence-corrected chi connectivity index (χ2v) is 6.90. The lowest BCUT2D eigenvalue weighted by Crippen LogP contribution is -2.32. The zero-order valence-electron chi connectivity index (χ0n) is 14.6. The van der Waals surface area contributed by atoms with Crippen molar-refractivity contribution >= 4 is 17.6 Å². The number of carbonyl (C=O) groups is 3. The second kappa shape index (κ2) is 9.06. The summed E-state index contributed by atoms with van der Waals surface area (Å²) in [5.74, 6) is 0.556. The molecule has 0 N–H and O–H groups in total. The van der Waals surface area contributed by atoms with E-state index in [1.165, 1.54) is 4.90 Å². The Bertz CT molecular complexity index is 403. The number of amides is 2. The van der Waals surface area contributed by atoms with Gasteiger partial charge in [0.2, 0.25) is 11.8 Å². The van der Waals surface area contributed by atoms with E-state index in [1.807, 2.05) is 20.8 Å². The molecule has 2 unspecified atom stereocenters. The largest absolute Gasteiger partial charge is 0.299 e. The Hall–Kier alpha value is -1.19. The molecule has 1 heterocycles. The predicted octanol–water partition coefficient (Wildman–Crippen LogP) is 3.58. The number of imide groups is 1. The van der Waals surface area contributed by atoms with Crippen LogP contribution in [0.5, 0.6) is 0 Å². The fourth-order valence-electron chi connectivity index (χ4n) is 3.05. The molecule has 0 aliphatic carbocycles. The van der Waals surface area contributed by atoms with Crippen molar-refractivity contribution < 1.29 is 14.4 Å². The van der Waals surface area contributed by atoms with Gasteiger partial charge in [0.05, 0.1) is 0 Å². The highest BCUT2D eigenvalue weighted by Crippen LogP contribution is 2.26. The fourth-order valence-corrected chi connectivity index (χ4v) is 3.05. The van der Waals surface area contributed by atoms with Crippen LogP contribution in [-0.4, -0.2) is 29.0 Å². The molecule has 2 amide bonds. The summed E-state index contributed by atoms with van der Waals surface area (Å²) in [5, 5.41) is 0. The summed E-state index contributed by atoms with van der Waals surface area (Å²) in [6, 6.07) is 0. The molecule has 1 aliphatic rings. The average Bonchev–Trinajstić information content (AvgIpc) is 2.74. The number of nitrogens with zero attached hydrogens (tertiary/aromatic N) is 1. The third-order valence-corrected chi connectivity index (χ3v) is 4.66. The van der Waals surface area contributed by atoms with Gasteiger partial charge in [-0.2, -0.15) is 0 Å². The minimum absolute atomic E-state index is 0.00681. The first-order chi connectivity index (χ1) is 10.4. The Morgan fingerprint density at radius 2 is 1.86 bits per heavy atom. The van der Waals surface area contributed by atoms with E-state index in [2.05, 4.69) is 6.92 Å². The summed E-state index contributed by atoms with van der Waals surface area (Å²) in [5.41, 5.74) is 0. The van der Waals surface area contributed by atoms with Crippen molar-refractivity contribution in [2.24, 2.45) is 17.8 Å². The van der Waals surface area contributed by atoms with Crippen LogP contribution in [0, 0.1) is 17.8 Å². The summed E-state index contributed by atoms with van der Waals surface area (Å²) < 4.78 is 0. The van der Waals surface area contributed by atoms with Gasteiger partial charge < -0.3 is 0 Å². The molecule has 0 aromatic carbocycles. The SMILES string of the molecule is CCCC(C)C(=O)CCCCCN1C(=O)CC(C(C)C)C1=O. The van der Waals surface area contributed by atoms with E-state index in [-0.39, 0.29) is 29.6 Å². The van der Waals surface area contributed by atoms with E-state index in [9.17, 15) is 14.4 Å². The normalized spacial score (nSPS) is 20.0. The summed E-state index contributed by atoms with van der Waals surface area (Å²) in [6.07, 6.45) is 5.55. The van der Waals surface area contributed by atoms with Crippen molar-refractivity contribution in [3.8, 4) is 0 Å². The summed E-state index contributed by atoms with van der Waals surface area (Å²) in [6.45, 7) is 8.59. The molecule has 22 heavy (non-hydrogen) atoms. The van der Waals surface area contributed by atoms with Gasteiger partial charge in [-0.1, -0.05) is 40.5 Å². The predicted molar refractivity (Wildman–Crippen MR) is 87.2 cm³/mol. The average molecular weight is 309 g/mol. The van der Waals surface area contributed by atoms with Crippen LogP contribution in [0.15, 0.2) is 0 Å². The zero-order chi connectivity index (χ0) is 16.7. The molecule has 0 bridgehead atoms. The lowest BCUT2D eigenvalue weighted by Gasteiger charge is -2.16. The highest BCUT2D eigenvalue weighted by molar-refractivity contribution is 6.03. The van der Waals surface area contributed by atoms with Crippen molar-refractivity contribution in [1.29, 1.82) is 0 Å². The van der Waals surface area contributed by atoms with Gasteiger partial charge in [-0.05, 0) is 25.2 Å². The zero-order valence-corrected chi connectivity index (χ0v) is 14.6. The molecular weight excluding hydrogens is 278 g/mol. The van der Waals surface area contributed by atoms with Crippen molar-refractivity contribution in [2.45, 2.75) is 72.6 Å². The Kier molecular flexibility index (Phi) is 7.77. The topological polar surface area (TPSA) is 54.5 Å². The van der Waals surface area contributed by atoms with Crippen LogP contribution < -0.4 is 0 Å². The number of ketones is 1. The van der Waals surface area contributed by atoms with Crippen molar-refractivity contribution in [3.63, 3.8) is 0 Å². The summed E-state index contributed by atoms with van der Waals surface area (Å²) >= 11 is 0. The molecule has 1 rings (SSSR count). The quantitative estimate of drug-likeness (QED) is 0.458. The number of likely N-dealkylation sites (tertiary alicyclic amines) is 1. The van der Waals surface area contributed by atoms with Gasteiger partial charge in [0.1, 0.15) is 5.78 Å². The Morgan fingerprint density at radius 3 is 2.41 bits per heavy atom. The van der Waals surface area contributed by atoms with E-state index >= 15 is 0 Å². The number of hydrogen-bond acceptors (Lipinski definition) is 3. The van der Waals surface area contributed by atoms with Crippen LogP contribution in [0.2, 0.25) is 0 Å². The van der Waals surface area contributed by atoms with E-state index in [0.717, 1.165) is 32.1 Å². The molecular formula is C18H31NO3. The molecule has 0 radical (unpaired) electrons. The standard InChI is InChI=1S/C18H31NO3/c1-5-9-14(4)16(20)10-7-6-8-11-19-17(21)12-15(13(2)3)18(19)22/h13-15H,5-12H2,1-4H3. The van der Waals surface area contributed by atoms with Crippen LogP contribution >= 0.6 is 0 Å². The third-order valence-electron chi connectivity index (χ3n) is 4.66. The molecule has 1 fully saturated rings. The van der Waals surface area contributed by atoms with Crippen LogP contribution in [0.25, 0.3) is 0 Å². The third kappa shape index (κ3) is 5.22. The lowest BCUT2D eigenvalue weighted by molar-refractivity contribution is -0.139. The molecule has 1 saturated heterocycles. The van der Waals surface area contributed by atoms with Gasteiger partial charge in [0, 0.05) is 31.2 Å². The maximum absolute atomic E-state index is 12.1. The molecule has 1 aliphatic heterocycles. The first-order valence-electron chi connectivity index (χ1n) is 8.75. The van der Waals surface area contributed by atoms with E-state index in [4.69, 9.17) is 0 Å². The van der Waals surface area contributed by atoms with Gasteiger partial charge >= 0.3 is 0 Å². The Labute approximate surface area is 134 Å². The lowest BCUT2D eigenvalue weighted by atomic mass is 9.94. The molecule has 4 nitrogen and oxygen atoms in total. The van der Waals surface area contributed by atoms with Gasteiger partial charge in [0.25, 0.3) is 0 Å². The number of unbranched alkanes of at least 4 members (excludes halogenated alkanes) is 2. The number of rotatable bonds is 10. The van der Waals surface area contributed by atoms with Crippen molar-refractivity contribution in [1.82, 2.24) is 4.90 Å². The molecule has 0 spiro atoms. The Balaban J connectivity index is 2.24. The second-order valence-electron chi connectivity index (χ2n) is 6.90. The molecule has 0 saturated carbocycles. The van der Waals surface area contributed by atoms with Gasteiger partial charge in [0.15, 0.2) is 0 Å². The molecule has 126 valence electrons. The summed E-state index contributed by atoms with van der Waals surface area (Å²) in [7, 11) is 0. The van der Waals surface area contributed by atoms with E-state index in [0.29, 0.717) is 25.2 Å². The van der Waals surface area contributed by atoms with Crippen molar-refractivity contribution in [2.75, 3.05) is 6.54 Å². The van der Waals surface area contributed by atoms with Crippen molar-refractivity contribution in [3.05, 3.63) is 0 Å². The van der Waals surface area contributed by atoms with Crippen LogP contribution in [-0.2, 0) is 14.4 Å². The summed E-state index contributed by atoms with van der Waals surface area (Å²) in [4.78, 5) is 37.3. The number of Topliss-reactive ketones (excluding diaryl/α,β-unsaturated/α-hetero) is 1.